The summed E-state index contributed by atoms with van der Waals surface area (Å²) in [5.74, 6) is -0.128. The van der Waals surface area contributed by atoms with Crippen LogP contribution >= 0.6 is 11.3 Å². The smallest absolute Gasteiger partial charge is 0.266 e. The largest absolute Gasteiger partial charge is 0.462 e. The molecule has 7 heteroatoms. The minimum absolute atomic E-state index is 0.116. The lowest BCUT2D eigenvalue weighted by molar-refractivity contribution is -0.123. The van der Waals surface area contributed by atoms with Gasteiger partial charge < -0.3 is 15.1 Å². The number of amides is 2. The maximum atomic E-state index is 13.3. The van der Waals surface area contributed by atoms with E-state index in [0.29, 0.717) is 34.4 Å². The maximum Gasteiger partial charge on any atom is 0.266 e. The van der Waals surface area contributed by atoms with Gasteiger partial charge in [-0.2, -0.15) is 0 Å². The summed E-state index contributed by atoms with van der Waals surface area (Å²) in [6.45, 7) is 0.973. The Morgan fingerprint density at radius 2 is 2.00 bits per heavy atom. The molecule has 1 saturated heterocycles. The summed E-state index contributed by atoms with van der Waals surface area (Å²) >= 11 is 1.31. The fourth-order valence-corrected chi connectivity index (χ4v) is 4.32. The van der Waals surface area contributed by atoms with E-state index < -0.39 is 0 Å². The molecule has 0 saturated carbocycles. The second kappa shape index (κ2) is 7.36. The Morgan fingerprint density at radius 1 is 1.19 bits per heavy atom. The maximum absolute atomic E-state index is 13.3. The Kier molecular flexibility index (Phi) is 4.77. The number of nitrogens with zero attached hydrogens (tertiary/aromatic N) is 2. The summed E-state index contributed by atoms with van der Waals surface area (Å²) in [7, 11) is 0. The molecule has 1 fully saturated rings. The number of carbonyl (C=O) groups excluding carboxylic acids is 2. The van der Waals surface area contributed by atoms with Crippen LogP contribution in [0.2, 0.25) is 0 Å². The quantitative estimate of drug-likeness (QED) is 0.750. The normalized spacial score (nSPS) is 17.0. The zero-order valence-corrected chi connectivity index (χ0v) is 15.4. The number of likely N-dealkylation sites (tertiary alicyclic amines) is 1. The van der Waals surface area contributed by atoms with E-state index in [1.54, 1.807) is 17.2 Å². The van der Waals surface area contributed by atoms with Crippen molar-refractivity contribution in [2.24, 2.45) is 11.7 Å². The van der Waals surface area contributed by atoms with Crippen LogP contribution in [0, 0.1) is 5.92 Å². The van der Waals surface area contributed by atoms with E-state index in [-0.39, 0.29) is 17.7 Å². The number of piperidine rings is 1. The predicted molar refractivity (Wildman–Crippen MR) is 103 cm³/mol. The second-order valence-electron chi connectivity index (χ2n) is 6.53. The monoisotopic (exact) mass is 381 g/mol. The summed E-state index contributed by atoms with van der Waals surface area (Å²) in [5.41, 5.74) is 6.97. The zero-order chi connectivity index (χ0) is 18.8. The highest BCUT2D eigenvalue weighted by Gasteiger charge is 2.31. The number of aromatic nitrogens is 1. The average molecular weight is 381 g/mol. The number of hydrogen-bond acceptors (Lipinski definition) is 5. The van der Waals surface area contributed by atoms with E-state index in [4.69, 9.17) is 10.2 Å². The molecule has 1 unspecified atom stereocenters. The molecular formula is C20H19N3O3S. The first-order valence-electron chi connectivity index (χ1n) is 8.82. The summed E-state index contributed by atoms with van der Waals surface area (Å²) < 4.78 is 5.46. The van der Waals surface area contributed by atoms with Crippen molar-refractivity contribution in [1.29, 1.82) is 0 Å². The second-order valence-corrected chi connectivity index (χ2v) is 7.53. The van der Waals surface area contributed by atoms with Crippen LogP contribution < -0.4 is 5.73 Å². The number of benzene rings is 1. The molecule has 1 atom stereocenters. The first-order valence-corrected chi connectivity index (χ1v) is 9.64. The third kappa shape index (κ3) is 3.50. The predicted octanol–water partition coefficient (Wildman–Crippen LogP) is 3.41. The topological polar surface area (TPSA) is 89.4 Å². The summed E-state index contributed by atoms with van der Waals surface area (Å²) in [6.07, 6.45) is 3.08. The van der Waals surface area contributed by atoms with Gasteiger partial charge >= 0.3 is 0 Å². The Balaban J connectivity index is 1.72. The molecule has 2 aromatic heterocycles. The molecule has 0 bridgehead atoms. The van der Waals surface area contributed by atoms with Crippen LogP contribution in [-0.2, 0) is 4.79 Å². The fraction of sp³-hybridized carbons (Fsp3) is 0.250. The van der Waals surface area contributed by atoms with E-state index in [1.165, 1.54) is 11.3 Å². The molecule has 1 aliphatic heterocycles. The Bertz CT molecular complexity index is 950. The van der Waals surface area contributed by atoms with Crippen LogP contribution in [0.3, 0.4) is 0 Å². The number of thiazole rings is 1. The molecule has 4 rings (SSSR count). The Morgan fingerprint density at radius 3 is 2.70 bits per heavy atom. The highest BCUT2D eigenvalue weighted by Crippen LogP contribution is 2.35. The van der Waals surface area contributed by atoms with Crippen LogP contribution in [0.4, 0.5) is 0 Å². The van der Waals surface area contributed by atoms with Crippen LogP contribution in [0.1, 0.15) is 22.5 Å². The summed E-state index contributed by atoms with van der Waals surface area (Å²) in [6, 6.07) is 13.2. The molecule has 138 valence electrons. The fourth-order valence-electron chi connectivity index (χ4n) is 3.30. The lowest BCUT2D eigenvalue weighted by atomic mass is 9.97. The summed E-state index contributed by atoms with van der Waals surface area (Å²) in [5, 5.41) is 0.658. The van der Waals surface area contributed by atoms with Gasteiger partial charge in [0.2, 0.25) is 5.91 Å². The summed E-state index contributed by atoms with van der Waals surface area (Å²) in [4.78, 5) is 31.8. The van der Waals surface area contributed by atoms with Gasteiger partial charge in [-0.25, -0.2) is 4.98 Å². The molecule has 2 amide bonds. The van der Waals surface area contributed by atoms with Gasteiger partial charge in [0.15, 0.2) is 10.8 Å². The molecule has 0 radical (unpaired) electrons. The number of nitrogens with two attached hydrogens (primary N) is 1. The van der Waals surface area contributed by atoms with Gasteiger partial charge in [-0.15, -0.1) is 11.3 Å². The van der Waals surface area contributed by atoms with Crippen LogP contribution in [0.5, 0.6) is 0 Å². The molecule has 2 N–H and O–H groups in total. The van der Waals surface area contributed by atoms with Crippen molar-refractivity contribution in [3.63, 3.8) is 0 Å². The molecular weight excluding hydrogens is 362 g/mol. The third-order valence-electron chi connectivity index (χ3n) is 4.71. The molecule has 27 heavy (non-hydrogen) atoms. The molecule has 1 aliphatic rings. The first-order chi connectivity index (χ1) is 13.1. The SMILES string of the molecule is NC(=O)C1CCCN(C(=O)c2sc(-c3ccco3)nc2-c2ccccc2)C1. The highest BCUT2D eigenvalue weighted by molar-refractivity contribution is 7.17. The van der Waals surface area contributed by atoms with Crippen molar-refractivity contribution < 1.29 is 14.0 Å². The molecule has 1 aromatic carbocycles. The van der Waals surface area contributed by atoms with Gasteiger partial charge in [0.25, 0.3) is 5.91 Å². The van der Waals surface area contributed by atoms with Gasteiger partial charge in [0.1, 0.15) is 4.88 Å². The first kappa shape index (κ1) is 17.5. The number of hydrogen-bond donors (Lipinski definition) is 1. The average Bonchev–Trinajstić information content (AvgIpc) is 3.38. The van der Waals surface area contributed by atoms with Gasteiger partial charge in [-0.3, -0.25) is 9.59 Å². The van der Waals surface area contributed by atoms with Crippen molar-refractivity contribution in [2.45, 2.75) is 12.8 Å². The zero-order valence-electron chi connectivity index (χ0n) is 14.6. The Hall–Kier alpha value is -2.93. The van der Waals surface area contributed by atoms with E-state index in [9.17, 15) is 9.59 Å². The van der Waals surface area contributed by atoms with Gasteiger partial charge in [-0.05, 0) is 25.0 Å². The molecule has 3 heterocycles. The van der Waals surface area contributed by atoms with E-state index in [1.807, 2.05) is 36.4 Å². The molecule has 6 nitrogen and oxygen atoms in total. The number of primary amides is 1. The number of furan rings is 1. The van der Waals surface area contributed by atoms with Gasteiger partial charge in [0.05, 0.1) is 17.9 Å². The van der Waals surface area contributed by atoms with Crippen molar-refractivity contribution in [2.75, 3.05) is 13.1 Å². The van der Waals surface area contributed by atoms with Gasteiger partial charge in [0, 0.05) is 18.7 Å². The molecule has 0 aliphatic carbocycles. The minimum Gasteiger partial charge on any atom is -0.462 e. The Labute approximate surface area is 160 Å². The van der Waals surface area contributed by atoms with Crippen LogP contribution in [0.15, 0.2) is 53.1 Å². The molecule has 3 aromatic rings. The van der Waals surface area contributed by atoms with E-state index in [0.717, 1.165) is 18.4 Å². The lowest BCUT2D eigenvalue weighted by Gasteiger charge is -2.31. The van der Waals surface area contributed by atoms with Crippen molar-refractivity contribution >= 4 is 23.2 Å². The highest BCUT2D eigenvalue weighted by atomic mass is 32.1. The lowest BCUT2D eigenvalue weighted by Crippen LogP contribution is -2.44. The van der Waals surface area contributed by atoms with E-state index >= 15 is 0 Å². The minimum atomic E-state index is -0.351. The van der Waals surface area contributed by atoms with Crippen molar-refractivity contribution in [1.82, 2.24) is 9.88 Å². The van der Waals surface area contributed by atoms with Gasteiger partial charge in [-0.1, -0.05) is 30.3 Å². The van der Waals surface area contributed by atoms with Crippen molar-refractivity contribution in [3.05, 3.63) is 53.6 Å². The standard InChI is InChI=1S/C20H19N3O3S/c21-18(24)14-8-4-10-23(12-14)20(25)17-16(13-6-2-1-3-7-13)22-19(27-17)15-9-5-11-26-15/h1-3,5-7,9,11,14H,4,8,10,12H2,(H2,21,24). The van der Waals surface area contributed by atoms with E-state index in [2.05, 4.69) is 4.98 Å². The van der Waals surface area contributed by atoms with Crippen LogP contribution in [-0.4, -0.2) is 34.8 Å². The number of rotatable bonds is 4. The molecule has 0 spiro atoms. The third-order valence-corrected chi connectivity index (χ3v) is 5.77. The van der Waals surface area contributed by atoms with Crippen LogP contribution in [0.25, 0.3) is 22.0 Å². The van der Waals surface area contributed by atoms with Crippen molar-refractivity contribution in [3.8, 4) is 22.0 Å². The number of carbonyl (C=O) groups is 2.